The van der Waals surface area contributed by atoms with Gasteiger partial charge in [0.15, 0.2) is 4.77 Å². The molecule has 2 rings (SSSR count). The van der Waals surface area contributed by atoms with E-state index in [0.29, 0.717) is 10.8 Å². The third kappa shape index (κ3) is 3.10. The molecule has 2 aromatic rings. The summed E-state index contributed by atoms with van der Waals surface area (Å²) < 4.78 is 2.74. The Balaban J connectivity index is 2.37. The average Bonchev–Trinajstić information content (AvgIpc) is 2.78. The highest BCUT2D eigenvalue weighted by Gasteiger charge is 2.19. The first-order valence-corrected chi connectivity index (χ1v) is 7.39. The lowest BCUT2D eigenvalue weighted by molar-refractivity contribution is 0.558. The summed E-state index contributed by atoms with van der Waals surface area (Å²) in [5.74, 6) is 0.906. The maximum absolute atomic E-state index is 5.34. The molecule has 4 nitrogen and oxygen atoms in total. The lowest BCUT2D eigenvalue weighted by Gasteiger charge is -2.28. The molecule has 0 saturated carbocycles. The molecule has 0 fully saturated rings. The van der Waals surface area contributed by atoms with Crippen LogP contribution >= 0.6 is 12.2 Å². The molecule has 0 aliphatic rings. The Bertz CT molecular complexity index is 598. The molecule has 0 unspecified atom stereocenters. The van der Waals surface area contributed by atoms with Crippen molar-refractivity contribution in [1.29, 1.82) is 0 Å². The van der Waals surface area contributed by atoms with E-state index in [9.17, 15) is 0 Å². The number of aromatic nitrogens is 3. The molecule has 0 amide bonds. The first-order chi connectivity index (χ1) is 9.50. The van der Waals surface area contributed by atoms with Gasteiger partial charge in [-0.15, -0.1) is 5.10 Å². The molecule has 0 aliphatic carbocycles. The zero-order valence-electron chi connectivity index (χ0n) is 12.5. The van der Waals surface area contributed by atoms with Crippen molar-refractivity contribution in [2.24, 2.45) is 0 Å². The second kappa shape index (κ2) is 6.22. The number of nitrogens with zero attached hydrogens (tertiary/aromatic N) is 3. The van der Waals surface area contributed by atoms with Crippen molar-refractivity contribution in [3.05, 3.63) is 40.7 Å². The van der Waals surface area contributed by atoms with Crippen LogP contribution in [0.1, 0.15) is 39.3 Å². The van der Waals surface area contributed by atoms with Crippen molar-refractivity contribution in [2.45, 2.75) is 46.3 Å². The molecule has 0 atom stereocenters. The largest absolute Gasteiger partial charge is 0.334 e. The van der Waals surface area contributed by atoms with Crippen molar-refractivity contribution < 1.29 is 0 Å². The Kier molecular flexibility index (Phi) is 4.60. The predicted molar refractivity (Wildman–Crippen MR) is 85.6 cm³/mol. The first-order valence-electron chi connectivity index (χ1n) is 6.98. The summed E-state index contributed by atoms with van der Waals surface area (Å²) in [5, 5.41) is 7.34. The lowest BCUT2D eigenvalue weighted by Crippen LogP contribution is -2.33. The smallest absolute Gasteiger partial charge is 0.226 e. The monoisotopic (exact) mass is 290 g/mol. The zero-order valence-corrected chi connectivity index (χ0v) is 13.3. The number of hydrogen-bond donors (Lipinski definition) is 1. The van der Waals surface area contributed by atoms with E-state index in [0.717, 1.165) is 12.5 Å². The van der Waals surface area contributed by atoms with Crippen LogP contribution in [0, 0.1) is 4.77 Å². The minimum Gasteiger partial charge on any atom is -0.334 e. The average molecular weight is 290 g/mol. The highest BCUT2D eigenvalue weighted by Crippen LogP contribution is 2.21. The number of rotatable bonds is 5. The molecular formula is C15H22N4S. The highest BCUT2D eigenvalue weighted by atomic mass is 32.1. The minimum atomic E-state index is 0.285. The third-order valence-electron chi connectivity index (χ3n) is 3.28. The van der Waals surface area contributed by atoms with Gasteiger partial charge in [0, 0.05) is 18.6 Å². The number of H-pyrrole nitrogens is 1. The second-order valence-corrected chi connectivity index (χ2v) is 5.89. The van der Waals surface area contributed by atoms with Gasteiger partial charge in [0.2, 0.25) is 5.95 Å². The molecule has 0 radical (unpaired) electrons. The molecule has 0 saturated heterocycles. The topological polar surface area (TPSA) is 36.9 Å². The van der Waals surface area contributed by atoms with E-state index in [1.165, 1.54) is 5.56 Å². The van der Waals surface area contributed by atoms with Crippen LogP contribution in [0.15, 0.2) is 30.3 Å². The molecular weight excluding hydrogens is 268 g/mol. The van der Waals surface area contributed by atoms with Crippen LogP contribution in [0.2, 0.25) is 0 Å². The number of anilines is 1. The van der Waals surface area contributed by atoms with E-state index < -0.39 is 0 Å². The van der Waals surface area contributed by atoms with Gasteiger partial charge in [-0.2, -0.15) is 0 Å². The molecule has 5 heteroatoms. The number of nitrogens with one attached hydrogen (secondary N) is 1. The van der Waals surface area contributed by atoms with Gasteiger partial charge in [-0.1, -0.05) is 30.3 Å². The highest BCUT2D eigenvalue weighted by molar-refractivity contribution is 7.71. The van der Waals surface area contributed by atoms with Gasteiger partial charge in [0.1, 0.15) is 0 Å². The van der Waals surface area contributed by atoms with E-state index in [1.807, 2.05) is 6.07 Å². The third-order valence-corrected chi connectivity index (χ3v) is 3.57. The number of aromatic amines is 1. The number of benzene rings is 1. The molecule has 1 aromatic carbocycles. The van der Waals surface area contributed by atoms with Gasteiger partial charge in [0.25, 0.3) is 0 Å². The van der Waals surface area contributed by atoms with Crippen molar-refractivity contribution in [2.75, 3.05) is 4.90 Å². The Morgan fingerprint density at radius 2 is 1.85 bits per heavy atom. The van der Waals surface area contributed by atoms with Crippen LogP contribution in [0.5, 0.6) is 0 Å². The Hall–Kier alpha value is -1.62. The molecule has 0 bridgehead atoms. The lowest BCUT2D eigenvalue weighted by atomic mass is 10.2. The van der Waals surface area contributed by atoms with Gasteiger partial charge in [-0.3, -0.25) is 4.57 Å². The van der Waals surface area contributed by atoms with Crippen LogP contribution in [-0.4, -0.2) is 20.8 Å². The van der Waals surface area contributed by atoms with Crippen LogP contribution in [0.25, 0.3) is 0 Å². The first kappa shape index (κ1) is 14.8. The molecule has 20 heavy (non-hydrogen) atoms. The van der Waals surface area contributed by atoms with E-state index in [4.69, 9.17) is 12.2 Å². The fourth-order valence-electron chi connectivity index (χ4n) is 2.23. The molecule has 0 spiro atoms. The van der Waals surface area contributed by atoms with Gasteiger partial charge in [-0.25, -0.2) is 5.10 Å². The summed E-state index contributed by atoms with van der Waals surface area (Å²) in [6.07, 6.45) is 0. The van der Waals surface area contributed by atoms with Crippen LogP contribution in [-0.2, 0) is 6.54 Å². The van der Waals surface area contributed by atoms with Gasteiger partial charge in [0.05, 0.1) is 0 Å². The summed E-state index contributed by atoms with van der Waals surface area (Å²) in [6.45, 7) is 9.41. The van der Waals surface area contributed by atoms with Crippen LogP contribution in [0.3, 0.4) is 0 Å². The molecule has 1 N–H and O–H groups in total. The standard InChI is InChI=1S/C15H22N4S/c1-11(2)18(10-13-8-6-5-7-9-13)14-16-17-15(20)19(14)12(3)4/h5-9,11-12H,10H2,1-4H3,(H,17,20). The van der Waals surface area contributed by atoms with Crippen LogP contribution < -0.4 is 4.90 Å². The predicted octanol–water partition coefficient (Wildman–Crippen LogP) is 3.94. The maximum Gasteiger partial charge on any atom is 0.226 e. The molecule has 1 heterocycles. The van der Waals surface area contributed by atoms with E-state index >= 15 is 0 Å². The summed E-state index contributed by atoms with van der Waals surface area (Å²) in [5.41, 5.74) is 1.27. The quantitative estimate of drug-likeness (QED) is 0.848. The maximum atomic E-state index is 5.34. The van der Waals surface area contributed by atoms with E-state index in [-0.39, 0.29) is 6.04 Å². The second-order valence-electron chi connectivity index (χ2n) is 5.50. The number of hydrogen-bond acceptors (Lipinski definition) is 3. The van der Waals surface area contributed by atoms with Gasteiger partial charge in [-0.05, 0) is 45.5 Å². The van der Waals surface area contributed by atoms with Crippen molar-refractivity contribution in [3.63, 3.8) is 0 Å². The normalized spacial score (nSPS) is 11.3. The Morgan fingerprint density at radius 3 is 2.40 bits per heavy atom. The summed E-state index contributed by atoms with van der Waals surface area (Å²) in [4.78, 5) is 2.27. The van der Waals surface area contributed by atoms with Crippen molar-refractivity contribution in [3.8, 4) is 0 Å². The summed E-state index contributed by atoms with van der Waals surface area (Å²) in [7, 11) is 0. The van der Waals surface area contributed by atoms with Crippen molar-refractivity contribution in [1.82, 2.24) is 14.8 Å². The van der Waals surface area contributed by atoms with Gasteiger partial charge < -0.3 is 4.90 Å². The van der Waals surface area contributed by atoms with Crippen LogP contribution in [0.4, 0.5) is 5.95 Å². The van der Waals surface area contributed by atoms with Crippen molar-refractivity contribution >= 4 is 18.2 Å². The molecule has 108 valence electrons. The summed E-state index contributed by atoms with van der Waals surface area (Å²) in [6, 6.07) is 11.1. The van der Waals surface area contributed by atoms with E-state index in [2.05, 4.69) is 71.6 Å². The fourth-order valence-corrected chi connectivity index (χ4v) is 2.57. The summed E-state index contributed by atoms with van der Waals surface area (Å²) >= 11 is 5.34. The molecule has 1 aromatic heterocycles. The molecule has 0 aliphatic heterocycles. The SMILES string of the molecule is CC(C)N(Cc1ccccc1)c1n[nH]c(=S)n1C(C)C. The minimum absolute atomic E-state index is 0.285. The Labute approximate surface area is 125 Å². The fraction of sp³-hybridized carbons (Fsp3) is 0.467. The van der Waals surface area contributed by atoms with Gasteiger partial charge >= 0.3 is 0 Å². The zero-order chi connectivity index (χ0) is 14.7. The Morgan fingerprint density at radius 1 is 1.20 bits per heavy atom. The van der Waals surface area contributed by atoms with E-state index in [1.54, 1.807) is 0 Å².